The lowest BCUT2D eigenvalue weighted by molar-refractivity contribution is 0.211. The van der Waals surface area contributed by atoms with Gasteiger partial charge >= 0.3 is 0 Å². The molecule has 0 aliphatic carbocycles. The number of pyridine rings is 3. The number of hydrogen-bond donors (Lipinski definition) is 2. The SMILES string of the molecule is C[C@@H](Oc1nn2cc(-c3ccc(N4CCN[C@@H](CO)C4)nc3)ccc2c1C#N)c1ccc(F)cn1. The molecular weight excluding hydrogens is 449 g/mol. The zero-order valence-corrected chi connectivity index (χ0v) is 19.1. The highest BCUT2D eigenvalue weighted by Gasteiger charge is 2.20. The summed E-state index contributed by atoms with van der Waals surface area (Å²) in [5, 5.41) is 26.9. The smallest absolute Gasteiger partial charge is 0.252 e. The number of nitrogens with zero attached hydrogens (tertiary/aromatic N) is 6. The number of aliphatic hydroxyl groups is 1. The quantitative estimate of drug-likeness (QED) is 0.440. The molecule has 1 aliphatic heterocycles. The summed E-state index contributed by atoms with van der Waals surface area (Å²) in [5.74, 6) is 0.623. The van der Waals surface area contributed by atoms with Gasteiger partial charge in [-0.2, -0.15) is 5.26 Å². The van der Waals surface area contributed by atoms with Crippen LogP contribution < -0.4 is 15.0 Å². The second-order valence-corrected chi connectivity index (χ2v) is 8.39. The average Bonchev–Trinajstić information content (AvgIpc) is 3.25. The van der Waals surface area contributed by atoms with Crippen molar-refractivity contribution in [3.63, 3.8) is 0 Å². The number of anilines is 1. The molecule has 4 aromatic heterocycles. The van der Waals surface area contributed by atoms with Crippen LogP contribution in [0.2, 0.25) is 0 Å². The number of piperazine rings is 1. The molecule has 1 fully saturated rings. The molecule has 2 atom stereocenters. The van der Waals surface area contributed by atoms with E-state index in [2.05, 4.69) is 31.4 Å². The summed E-state index contributed by atoms with van der Waals surface area (Å²) in [6, 6.07) is 12.8. The van der Waals surface area contributed by atoms with Gasteiger partial charge < -0.3 is 20.1 Å². The number of aliphatic hydroxyl groups excluding tert-OH is 1. The summed E-state index contributed by atoms with van der Waals surface area (Å²) in [7, 11) is 0. The highest BCUT2D eigenvalue weighted by molar-refractivity contribution is 5.70. The molecule has 1 saturated heterocycles. The normalized spacial score (nSPS) is 16.7. The minimum absolute atomic E-state index is 0.0414. The van der Waals surface area contributed by atoms with E-state index < -0.39 is 11.9 Å². The van der Waals surface area contributed by atoms with Gasteiger partial charge in [0.15, 0.2) is 0 Å². The van der Waals surface area contributed by atoms with Crippen LogP contribution in [0.4, 0.5) is 10.2 Å². The lowest BCUT2D eigenvalue weighted by Crippen LogP contribution is -2.52. The van der Waals surface area contributed by atoms with E-state index >= 15 is 0 Å². The van der Waals surface area contributed by atoms with Gasteiger partial charge in [-0.05, 0) is 37.3 Å². The predicted molar refractivity (Wildman–Crippen MR) is 127 cm³/mol. The Labute approximate surface area is 201 Å². The number of ether oxygens (including phenoxy) is 1. The maximum atomic E-state index is 13.2. The van der Waals surface area contributed by atoms with Gasteiger partial charge in [0.2, 0.25) is 0 Å². The molecule has 0 bridgehead atoms. The molecule has 5 heterocycles. The molecule has 5 rings (SSSR count). The molecular formula is C25H24FN7O2. The lowest BCUT2D eigenvalue weighted by atomic mass is 10.1. The van der Waals surface area contributed by atoms with Crippen LogP contribution in [0.1, 0.15) is 24.3 Å². The maximum absolute atomic E-state index is 13.2. The van der Waals surface area contributed by atoms with Crippen LogP contribution in [0.3, 0.4) is 0 Å². The van der Waals surface area contributed by atoms with Crippen molar-refractivity contribution in [3.05, 3.63) is 72.1 Å². The molecule has 0 aromatic carbocycles. The van der Waals surface area contributed by atoms with Crippen molar-refractivity contribution in [1.82, 2.24) is 24.9 Å². The summed E-state index contributed by atoms with van der Waals surface area (Å²) >= 11 is 0. The van der Waals surface area contributed by atoms with Crippen molar-refractivity contribution < 1.29 is 14.2 Å². The van der Waals surface area contributed by atoms with E-state index in [0.29, 0.717) is 23.3 Å². The summed E-state index contributed by atoms with van der Waals surface area (Å²) in [6.07, 6.45) is 4.25. The van der Waals surface area contributed by atoms with Gasteiger partial charge in [0.05, 0.1) is 24.0 Å². The van der Waals surface area contributed by atoms with Crippen molar-refractivity contribution in [2.45, 2.75) is 19.1 Å². The topological polar surface area (TPSA) is 112 Å². The minimum atomic E-state index is -0.515. The van der Waals surface area contributed by atoms with Crippen LogP contribution in [0.25, 0.3) is 16.6 Å². The highest BCUT2D eigenvalue weighted by Crippen LogP contribution is 2.29. The summed E-state index contributed by atoms with van der Waals surface area (Å²) in [6.45, 7) is 4.19. The van der Waals surface area contributed by atoms with Gasteiger partial charge in [-0.25, -0.2) is 13.9 Å². The van der Waals surface area contributed by atoms with Crippen molar-refractivity contribution >= 4 is 11.3 Å². The first-order chi connectivity index (χ1) is 17.1. The van der Waals surface area contributed by atoms with Crippen molar-refractivity contribution in [3.8, 4) is 23.1 Å². The molecule has 178 valence electrons. The van der Waals surface area contributed by atoms with E-state index in [1.165, 1.54) is 6.07 Å². The van der Waals surface area contributed by atoms with Gasteiger partial charge in [0.1, 0.15) is 29.4 Å². The zero-order valence-electron chi connectivity index (χ0n) is 19.1. The first kappa shape index (κ1) is 22.7. The molecule has 10 heteroatoms. The Morgan fingerprint density at radius 1 is 1.20 bits per heavy atom. The van der Waals surface area contributed by atoms with Crippen LogP contribution in [-0.2, 0) is 0 Å². The van der Waals surface area contributed by atoms with Crippen LogP contribution >= 0.6 is 0 Å². The molecule has 0 unspecified atom stereocenters. The number of nitrogens with one attached hydrogen (secondary N) is 1. The fourth-order valence-electron chi connectivity index (χ4n) is 4.14. The van der Waals surface area contributed by atoms with Gasteiger partial charge in [-0.1, -0.05) is 6.07 Å². The first-order valence-corrected chi connectivity index (χ1v) is 11.3. The number of halogens is 1. The standard InChI is InChI=1S/C25H24FN7O2/c1-16(22-5-4-19(26)12-29-22)35-25-21(10-27)23-6-2-18(13-33(23)31-25)17-3-7-24(30-11-17)32-9-8-28-20(14-32)15-34/h2-7,11-13,16,20,28,34H,8-9,14-15H2,1H3/t16-,20-/m1/s1. The lowest BCUT2D eigenvalue weighted by Gasteiger charge is -2.33. The fourth-order valence-corrected chi connectivity index (χ4v) is 4.14. The van der Waals surface area contributed by atoms with Gasteiger partial charge in [0.25, 0.3) is 5.88 Å². The molecule has 1 aliphatic rings. The molecule has 4 aromatic rings. The molecule has 0 amide bonds. The molecule has 0 saturated carbocycles. The van der Waals surface area contributed by atoms with E-state index in [9.17, 15) is 14.8 Å². The zero-order chi connectivity index (χ0) is 24.4. The van der Waals surface area contributed by atoms with Crippen LogP contribution in [0, 0.1) is 17.1 Å². The Hall–Kier alpha value is -4.07. The molecule has 0 spiro atoms. The van der Waals surface area contributed by atoms with Gasteiger partial charge in [0, 0.05) is 49.2 Å². The third-order valence-electron chi connectivity index (χ3n) is 6.05. The number of rotatable bonds is 6. The number of nitriles is 1. The number of hydrogen-bond acceptors (Lipinski definition) is 8. The highest BCUT2D eigenvalue weighted by atomic mass is 19.1. The number of aromatic nitrogens is 4. The summed E-state index contributed by atoms with van der Waals surface area (Å²) in [5.41, 5.74) is 3.26. The molecule has 35 heavy (non-hydrogen) atoms. The Morgan fingerprint density at radius 2 is 2.06 bits per heavy atom. The largest absolute Gasteiger partial charge is 0.466 e. The van der Waals surface area contributed by atoms with Crippen LogP contribution in [0.5, 0.6) is 5.88 Å². The Bertz CT molecular complexity index is 1370. The Morgan fingerprint density at radius 3 is 2.77 bits per heavy atom. The summed E-state index contributed by atoms with van der Waals surface area (Å²) in [4.78, 5) is 10.8. The van der Waals surface area contributed by atoms with E-state index in [1.807, 2.05) is 30.5 Å². The molecule has 2 N–H and O–H groups in total. The van der Waals surface area contributed by atoms with E-state index in [-0.39, 0.29) is 18.5 Å². The number of fused-ring (bicyclic) bond motifs is 1. The van der Waals surface area contributed by atoms with Crippen LogP contribution in [0.15, 0.2) is 55.0 Å². The van der Waals surface area contributed by atoms with E-state index in [4.69, 9.17) is 4.74 Å². The predicted octanol–water partition coefficient (Wildman–Crippen LogP) is 2.71. The van der Waals surface area contributed by atoms with Gasteiger partial charge in [-0.15, -0.1) is 5.10 Å². The van der Waals surface area contributed by atoms with E-state index in [0.717, 1.165) is 36.2 Å². The van der Waals surface area contributed by atoms with Crippen molar-refractivity contribution in [2.75, 3.05) is 31.1 Å². The first-order valence-electron chi connectivity index (χ1n) is 11.3. The fraction of sp³-hybridized carbons (Fsp3) is 0.280. The molecule has 0 radical (unpaired) electrons. The maximum Gasteiger partial charge on any atom is 0.252 e. The van der Waals surface area contributed by atoms with E-state index in [1.54, 1.807) is 23.7 Å². The third kappa shape index (κ3) is 4.64. The Balaban J connectivity index is 1.38. The molecule has 9 nitrogen and oxygen atoms in total. The van der Waals surface area contributed by atoms with Crippen molar-refractivity contribution in [2.24, 2.45) is 0 Å². The minimum Gasteiger partial charge on any atom is -0.466 e. The summed E-state index contributed by atoms with van der Waals surface area (Å²) < 4.78 is 20.7. The van der Waals surface area contributed by atoms with Crippen molar-refractivity contribution in [1.29, 1.82) is 5.26 Å². The second-order valence-electron chi connectivity index (χ2n) is 8.39. The average molecular weight is 474 g/mol. The Kier molecular flexibility index (Phi) is 6.27. The van der Waals surface area contributed by atoms with Crippen LogP contribution in [-0.4, -0.2) is 57.0 Å². The third-order valence-corrected chi connectivity index (χ3v) is 6.05. The van der Waals surface area contributed by atoms with Gasteiger partial charge in [-0.3, -0.25) is 4.98 Å². The monoisotopic (exact) mass is 473 g/mol. The second kappa shape index (κ2) is 9.66.